The second-order valence-corrected chi connectivity index (χ2v) is 3.99. The molecular formula is C12H14N2O4. The highest BCUT2D eigenvalue weighted by molar-refractivity contribution is 5.95. The van der Waals surface area contributed by atoms with E-state index in [0.29, 0.717) is 25.3 Å². The molecule has 1 heterocycles. The van der Waals surface area contributed by atoms with Crippen molar-refractivity contribution < 1.29 is 14.5 Å². The van der Waals surface area contributed by atoms with E-state index < -0.39 is 4.92 Å². The number of carbonyl (C=O) groups excluding carboxylic acids is 1. The minimum atomic E-state index is -0.491. The first-order valence-electron chi connectivity index (χ1n) is 5.85. The van der Waals surface area contributed by atoms with Crippen molar-refractivity contribution in [3.05, 3.63) is 28.3 Å². The smallest absolute Gasteiger partial charge is 0.312 e. The Bertz CT molecular complexity index is 487. The van der Waals surface area contributed by atoms with Crippen LogP contribution in [0.5, 0.6) is 5.75 Å². The number of rotatable bonds is 4. The number of hydrogen-bond donors (Lipinski definition) is 0. The van der Waals surface area contributed by atoms with Gasteiger partial charge in [0.25, 0.3) is 0 Å². The molecule has 0 N–H and O–H groups in total. The Hall–Kier alpha value is -2.11. The minimum Gasteiger partial charge on any atom is -0.487 e. The standard InChI is InChI=1S/C12H14N2O4/c1-2-18-11-6-5-9(8-10(11)14(16)17)13-7-3-4-12(13)15/h5-6,8H,2-4,7H2,1H3. The van der Waals surface area contributed by atoms with E-state index in [0.717, 1.165) is 6.42 Å². The van der Waals surface area contributed by atoms with Gasteiger partial charge in [-0.05, 0) is 25.5 Å². The monoisotopic (exact) mass is 250 g/mol. The number of carbonyl (C=O) groups is 1. The van der Waals surface area contributed by atoms with Gasteiger partial charge in [0.1, 0.15) is 0 Å². The number of nitro benzene ring substituents is 1. The maximum Gasteiger partial charge on any atom is 0.312 e. The Labute approximate surface area is 104 Å². The van der Waals surface area contributed by atoms with Crippen LogP contribution in [0.2, 0.25) is 0 Å². The largest absolute Gasteiger partial charge is 0.487 e. The number of anilines is 1. The average molecular weight is 250 g/mol. The van der Waals surface area contributed by atoms with Crippen molar-refractivity contribution in [2.75, 3.05) is 18.1 Å². The van der Waals surface area contributed by atoms with Crippen LogP contribution in [0.1, 0.15) is 19.8 Å². The summed E-state index contributed by atoms with van der Waals surface area (Å²) < 4.78 is 5.20. The van der Waals surface area contributed by atoms with Crippen LogP contribution < -0.4 is 9.64 Å². The number of benzene rings is 1. The molecule has 1 aromatic carbocycles. The van der Waals surface area contributed by atoms with Gasteiger partial charge >= 0.3 is 5.69 Å². The third kappa shape index (κ3) is 2.27. The quantitative estimate of drug-likeness (QED) is 0.606. The van der Waals surface area contributed by atoms with Crippen LogP contribution in [-0.2, 0) is 4.79 Å². The first-order valence-corrected chi connectivity index (χ1v) is 5.85. The Morgan fingerprint density at radius 2 is 2.28 bits per heavy atom. The maximum atomic E-state index is 11.6. The molecule has 0 atom stereocenters. The lowest BCUT2D eigenvalue weighted by atomic mass is 10.2. The lowest BCUT2D eigenvalue weighted by molar-refractivity contribution is -0.385. The first kappa shape index (κ1) is 12.3. The summed E-state index contributed by atoms with van der Waals surface area (Å²) >= 11 is 0. The summed E-state index contributed by atoms with van der Waals surface area (Å²) in [5.74, 6) is 0.242. The highest BCUT2D eigenvalue weighted by atomic mass is 16.6. The Balaban J connectivity index is 2.36. The number of nitrogens with zero attached hydrogens (tertiary/aromatic N) is 2. The molecule has 1 saturated heterocycles. The van der Waals surface area contributed by atoms with E-state index in [-0.39, 0.29) is 17.3 Å². The molecule has 0 unspecified atom stereocenters. The fourth-order valence-corrected chi connectivity index (χ4v) is 2.02. The lowest BCUT2D eigenvalue weighted by Gasteiger charge is -2.16. The summed E-state index contributed by atoms with van der Waals surface area (Å²) in [6.45, 7) is 2.74. The third-order valence-electron chi connectivity index (χ3n) is 2.82. The Morgan fingerprint density at radius 1 is 1.50 bits per heavy atom. The van der Waals surface area contributed by atoms with Crippen LogP contribution in [-0.4, -0.2) is 24.0 Å². The van der Waals surface area contributed by atoms with E-state index in [2.05, 4.69) is 0 Å². The zero-order chi connectivity index (χ0) is 13.1. The van der Waals surface area contributed by atoms with Gasteiger partial charge in [0, 0.05) is 19.0 Å². The predicted molar refractivity (Wildman–Crippen MR) is 65.9 cm³/mol. The zero-order valence-electron chi connectivity index (χ0n) is 10.1. The molecule has 6 nitrogen and oxygen atoms in total. The van der Waals surface area contributed by atoms with E-state index in [9.17, 15) is 14.9 Å². The predicted octanol–water partition coefficient (Wildman–Crippen LogP) is 2.12. The van der Waals surface area contributed by atoms with Crippen LogP contribution in [0.3, 0.4) is 0 Å². The van der Waals surface area contributed by atoms with Gasteiger partial charge in [0.2, 0.25) is 5.91 Å². The Kier molecular flexibility index (Phi) is 3.45. The molecule has 1 aliphatic heterocycles. The number of ether oxygens (including phenoxy) is 1. The van der Waals surface area contributed by atoms with Crippen molar-refractivity contribution >= 4 is 17.3 Å². The molecule has 0 spiro atoms. The van der Waals surface area contributed by atoms with E-state index >= 15 is 0 Å². The number of amides is 1. The van der Waals surface area contributed by atoms with Crippen molar-refractivity contribution in [1.82, 2.24) is 0 Å². The molecule has 1 fully saturated rings. The molecule has 0 aliphatic carbocycles. The molecule has 0 saturated carbocycles. The number of hydrogen-bond acceptors (Lipinski definition) is 4. The van der Waals surface area contributed by atoms with E-state index in [1.165, 1.54) is 6.07 Å². The molecule has 0 radical (unpaired) electrons. The highest BCUT2D eigenvalue weighted by Gasteiger charge is 2.25. The normalized spacial score (nSPS) is 14.9. The van der Waals surface area contributed by atoms with Crippen molar-refractivity contribution in [2.45, 2.75) is 19.8 Å². The fourth-order valence-electron chi connectivity index (χ4n) is 2.02. The summed E-state index contributed by atoms with van der Waals surface area (Å²) in [4.78, 5) is 23.6. The highest BCUT2D eigenvalue weighted by Crippen LogP contribution is 2.33. The van der Waals surface area contributed by atoms with Gasteiger partial charge in [0.15, 0.2) is 5.75 Å². The van der Waals surface area contributed by atoms with E-state index in [1.807, 2.05) is 0 Å². The van der Waals surface area contributed by atoms with Crippen LogP contribution in [0.25, 0.3) is 0 Å². The molecule has 18 heavy (non-hydrogen) atoms. The van der Waals surface area contributed by atoms with Crippen LogP contribution in [0, 0.1) is 10.1 Å². The average Bonchev–Trinajstić information content (AvgIpc) is 2.76. The summed E-state index contributed by atoms with van der Waals surface area (Å²) in [6, 6.07) is 4.62. The zero-order valence-corrected chi connectivity index (χ0v) is 10.1. The summed E-state index contributed by atoms with van der Waals surface area (Å²) in [6.07, 6.45) is 1.29. The Morgan fingerprint density at radius 3 is 2.83 bits per heavy atom. The molecule has 1 aliphatic rings. The van der Waals surface area contributed by atoms with Crippen molar-refractivity contribution in [3.8, 4) is 5.75 Å². The summed E-state index contributed by atoms with van der Waals surface area (Å²) in [5.41, 5.74) is 0.460. The fraction of sp³-hybridized carbons (Fsp3) is 0.417. The summed E-state index contributed by atoms with van der Waals surface area (Å²) in [5, 5.41) is 11.0. The molecule has 1 aromatic rings. The van der Waals surface area contributed by atoms with E-state index in [4.69, 9.17) is 4.74 Å². The van der Waals surface area contributed by atoms with Gasteiger partial charge in [-0.2, -0.15) is 0 Å². The number of nitro groups is 1. The molecular weight excluding hydrogens is 236 g/mol. The van der Waals surface area contributed by atoms with Crippen LogP contribution >= 0.6 is 0 Å². The molecule has 2 rings (SSSR count). The molecule has 0 bridgehead atoms. The second kappa shape index (κ2) is 5.03. The second-order valence-electron chi connectivity index (χ2n) is 3.99. The minimum absolute atomic E-state index is 0.00783. The van der Waals surface area contributed by atoms with Crippen LogP contribution in [0.4, 0.5) is 11.4 Å². The summed E-state index contributed by atoms with van der Waals surface area (Å²) in [7, 11) is 0. The molecule has 1 amide bonds. The maximum absolute atomic E-state index is 11.6. The van der Waals surface area contributed by atoms with Gasteiger partial charge in [-0.25, -0.2) is 0 Å². The van der Waals surface area contributed by atoms with Gasteiger partial charge < -0.3 is 9.64 Å². The van der Waals surface area contributed by atoms with Crippen molar-refractivity contribution in [1.29, 1.82) is 0 Å². The van der Waals surface area contributed by atoms with Gasteiger partial charge in [0.05, 0.1) is 17.2 Å². The molecule has 96 valence electrons. The van der Waals surface area contributed by atoms with Crippen molar-refractivity contribution in [2.24, 2.45) is 0 Å². The SMILES string of the molecule is CCOc1ccc(N2CCCC2=O)cc1[N+](=O)[O-]. The topological polar surface area (TPSA) is 72.7 Å². The van der Waals surface area contributed by atoms with Gasteiger partial charge in [-0.3, -0.25) is 14.9 Å². The first-order chi connectivity index (χ1) is 8.63. The third-order valence-corrected chi connectivity index (χ3v) is 2.82. The van der Waals surface area contributed by atoms with Crippen molar-refractivity contribution in [3.63, 3.8) is 0 Å². The molecule has 6 heteroatoms. The van der Waals surface area contributed by atoms with E-state index in [1.54, 1.807) is 24.0 Å². The molecule has 0 aromatic heterocycles. The van der Waals surface area contributed by atoms with Gasteiger partial charge in [-0.15, -0.1) is 0 Å². The lowest BCUT2D eigenvalue weighted by Crippen LogP contribution is -2.23. The van der Waals surface area contributed by atoms with Gasteiger partial charge in [-0.1, -0.05) is 0 Å². The van der Waals surface area contributed by atoms with Crippen LogP contribution in [0.15, 0.2) is 18.2 Å².